The van der Waals surface area contributed by atoms with E-state index >= 15 is 0 Å². The van der Waals surface area contributed by atoms with E-state index in [-0.39, 0.29) is 6.79 Å². The Morgan fingerprint density at radius 2 is 1.95 bits per heavy atom. The van der Waals surface area contributed by atoms with Crippen LogP contribution >= 0.6 is 22.6 Å². The van der Waals surface area contributed by atoms with Crippen LogP contribution in [0.2, 0.25) is 0 Å². The molecule has 0 unspecified atom stereocenters. The van der Waals surface area contributed by atoms with Crippen molar-refractivity contribution in [3.8, 4) is 17.6 Å². The summed E-state index contributed by atoms with van der Waals surface area (Å²) in [5, 5.41) is 9.39. The maximum Gasteiger partial charge on any atom is 0.231 e. The van der Waals surface area contributed by atoms with E-state index in [2.05, 4.69) is 28.7 Å². The van der Waals surface area contributed by atoms with E-state index in [9.17, 15) is 5.26 Å². The van der Waals surface area contributed by atoms with Crippen LogP contribution in [0.1, 0.15) is 11.1 Å². The number of ether oxygens (including phenoxy) is 2. The second kappa shape index (κ2) is 5.55. The van der Waals surface area contributed by atoms with Gasteiger partial charge in [-0.15, -0.1) is 0 Å². The lowest BCUT2D eigenvalue weighted by Crippen LogP contribution is -1.92. The summed E-state index contributed by atoms with van der Waals surface area (Å²) in [4.78, 5) is 0. The van der Waals surface area contributed by atoms with Crippen molar-refractivity contribution in [3.05, 3.63) is 57.2 Å². The molecule has 1 aliphatic rings. The predicted octanol–water partition coefficient (Wildman–Crippen LogP) is 4.08. The molecule has 0 saturated carbocycles. The molecule has 0 atom stereocenters. The lowest BCUT2D eigenvalue weighted by Gasteiger charge is -2.03. The summed E-state index contributed by atoms with van der Waals surface area (Å²) in [6.45, 7) is 0.237. The van der Waals surface area contributed by atoms with Gasteiger partial charge in [-0.3, -0.25) is 0 Å². The molecule has 0 aliphatic carbocycles. The zero-order valence-corrected chi connectivity index (χ0v) is 12.6. The van der Waals surface area contributed by atoms with Gasteiger partial charge in [-0.05, 0) is 64.1 Å². The molecule has 20 heavy (non-hydrogen) atoms. The van der Waals surface area contributed by atoms with E-state index in [1.54, 1.807) is 0 Å². The third-order valence-electron chi connectivity index (χ3n) is 3.01. The van der Waals surface area contributed by atoms with Crippen LogP contribution in [0.25, 0.3) is 11.6 Å². The fraction of sp³-hybridized carbons (Fsp3) is 0.0625. The maximum absolute atomic E-state index is 9.39. The van der Waals surface area contributed by atoms with Gasteiger partial charge in [0.25, 0.3) is 0 Å². The SMILES string of the molecule is N#C/C(=C/c1ccccc1I)c1ccc2c(c1)OCO2. The van der Waals surface area contributed by atoms with E-state index in [1.165, 1.54) is 0 Å². The minimum atomic E-state index is 0.237. The molecule has 0 aromatic heterocycles. The Hall–Kier alpha value is -2.00. The summed E-state index contributed by atoms with van der Waals surface area (Å²) in [5.41, 5.74) is 2.46. The van der Waals surface area contributed by atoms with Gasteiger partial charge in [0, 0.05) is 3.57 Å². The monoisotopic (exact) mass is 375 g/mol. The minimum Gasteiger partial charge on any atom is -0.454 e. The van der Waals surface area contributed by atoms with Gasteiger partial charge in [-0.25, -0.2) is 0 Å². The van der Waals surface area contributed by atoms with Gasteiger partial charge in [0.15, 0.2) is 11.5 Å². The molecule has 0 N–H and O–H groups in total. The van der Waals surface area contributed by atoms with Crippen molar-refractivity contribution in [2.24, 2.45) is 0 Å². The quantitative estimate of drug-likeness (QED) is 0.451. The van der Waals surface area contributed by atoms with Gasteiger partial charge in [0.05, 0.1) is 11.6 Å². The molecule has 3 rings (SSSR count). The predicted molar refractivity (Wildman–Crippen MR) is 85.2 cm³/mol. The molecule has 4 heteroatoms. The first-order valence-electron chi connectivity index (χ1n) is 6.04. The number of hydrogen-bond donors (Lipinski definition) is 0. The van der Waals surface area contributed by atoms with E-state index in [0.717, 1.165) is 20.4 Å². The summed E-state index contributed by atoms with van der Waals surface area (Å²) in [6.07, 6.45) is 1.89. The van der Waals surface area contributed by atoms with Gasteiger partial charge in [-0.1, -0.05) is 18.2 Å². The highest BCUT2D eigenvalue weighted by molar-refractivity contribution is 14.1. The molecule has 0 fully saturated rings. The maximum atomic E-state index is 9.39. The molecule has 1 aliphatic heterocycles. The van der Waals surface area contributed by atoms with Gasteiger partial charge in [0.2, 0.25) is 6.79 Å². The van der Waals surface area contributed by atoms with Gasteiger partial charge in [0.1, 0.15) is 0 Å². The molecule has 1 heterocycles. The summed E-state index contributed by atoms with van der Waals surface area (Å²) >= 11 is 2.26. The molecule has 0 radical (unpaired) electrons. The lowest BCUT2D eigenvalue weighted by molar-refractivity contribution is 0.174. The molecule has 0 saturated heterocycles. The summed E-state index contributed by atoms with van der Waals surface area (Å²) in [6, 6.07) is 15.7. The number of hydrogen-bond acceptors (Lipinski definition) is 3. The van der Waals surface area contributed by atoms with Gasteiger partial charge < -0.3 is 9.47 Å². The lowest BCUT2D eigenvalue weighted by atomic mass is 10.0. The van der Waals surface area contributed by atoms with Crippen molar-refractivity contribution < 1.29 is 9.47 Å². The molecule has 2 aromatic rings. The highest BCUT2D eigenvalue weighted by atomic mass is 127. The van der Waals surface area contributed by atoms with Crippen LogP contribution in [0, 0.1) is 14.9 Å². The molecular formula is C16H10INO2. The average molecular weight is 375 g/mol. The summed E-state index contributed by atoms with van der Waals surface area (Å²) in [7, 11) is 0. The van der Waals surface area contributed by atoms with Crippen LogP contribution in [-0.2, 0) is 0 Å². The first kappa shape index (κ1) is 13.0. The highest BCUT2D eigenvalue weighted by Crippen LogP contribution is 2.34. The van der Waals surface area contributed by atoms with E-state index in [4.69, 9.17) is 9.47 Å². The normalized spacial score (nSPS) is 13.1. The van der Waals surface area contributed by atoms with Crippen LogP contribution in [0.15, 0.2) is 42.5 Å². The zero-order valence-electron chi connectivity index (χ0n) is 10.5. The Labute approximate surface area is 130 Å². The first-order valence-corrected chi connectivity index (χ1v) is 7.12. The fourth-order valence-corrected chi connectivity index (χ4v) is 2.53. The Morgan fingerprint density at radius 3 is 2.75 bits per heavy atom. The van der Waals surface area contributed by atoms with E-state index in [0.29, 0.717) is 11.3 Å². The molecule has 3 nitrogen and oxygen atoms in total. The van der Waals surface area contributed by atoms with Crippen molar-refractivity contribution in [2.45, 2.75) is 0 Å². The first-order chi connectivity index (χ1) is 9.78. The average Bonchev–Trinajstić information content (AvgIpc) is 2.94. The summed E-state index contributed by atoms with van der Waals surface area (Å²) in [5.74, 6) is 1.41. The Bertz CT molecular complexity index is 731. The van der Waals surface area contributed by atoms with Crippen LogP contribution in [0.3, 0.4) is 0 Å². The van der Waals surface area contributed by atoms with Crippen LogP contribution in [-0.4, -0.2) is 6.79 Å². The molecule has 0 spiro atoms. The second-order valence-corrected chi connectivity index (χ2v) is 5.42. The molecule has 0 amide bonds. The van der Waals surface area contributed by atoms with E-state index < -0.39 is 0 Å². The number of rotatable bonds is 2. The van der Waals surface area contributed by atoms with Crippen LogP contribution < -0.4 is 9.47 Å². The Balaban J connectivity index is 2.03. The number of nitrogens with zero attached hydrogens (tertiary/aromatic N) is 1. The van der Waals surface area contributed by atoms with Crippen molar-refractivity contribution in [3.63, 3.8) is 0 Å². The number of benzene rings is 2. The van der Waals surface area contributed by atoms with Crippen molar-refractivity contribution in [1.82, 2.24) is 0 Å². The number of allylic oxidation sites excluding steroid dienone is 1. The standard InChI is InChI=1S/C16H10INO2/c17-14-4-2-1-3-12(14)7-13(9-18)11-5-6-15-16(8-11)20-10-19-15/h1-8H,10H2/b13-7-. The number of fused-ring (bicyclic) bond motifs is 1. The molecule has 0 bridgehead atoms. The Kier molecular flexibility index (Phi) is 3.61. The third kappa shape index (κ3) is 2.49. The molecule has 2 aromatic carbocycles. The van der Waals surface area contributed by atoms with Crippen LogP contribution in [0.5, 0.6) is 11.5 Å². The zero-order chi connectivity index (χ0) is 13.9. The largest absolute Gasteiger partial charge is 0.454 e. The molecular weight excluding hydrogens is 365 g/mol. The Morgan fingerprint density at radius 1 is 1.15 bits per heavy atom. The minimum absolute atomic E-state index is 0.237. The van der Waals surface area contributed by atoms with Gasteiger partial charge >= 0.3 is 0 Å². The van der Waals surface area contributed by atoms with E-state index in [1.807, 2.05) is 48.5 Å². The van der Waals surface area contributed by atoms with Crippen molar-refractivity contribution >= 4 is 34.2 Å². The smallest absolute Gasteiger partial charge is 0.231 e. The number of nitriles is 1. The van der Waals surface area contributed by atoms with Crippen molar-refractivity contribution in [1.29, 1.82) is 5.26 Å². The van der Waals surface area contributed by atoms with Crippen LogP contribution in [0.4, 0.5) is 0 Å². The van der Waals surface area contributed by atoms with Gasteiger partial charge in [-0.2, -0.15) is 5.26 Å². The molecule has 98 valence electrons. The summed E-state index contributed by atoms with van der Waals surface area (Å²) < 4.78 is 11.7. The topological polar surface area (TPSA) is 42.2 Å². The number of halogens is 1. The fourth-order valence-electron chi connectivity index (χ4n) is 1.99. The highest BCUT2D eigenvalue weighted by Gasteiger charge is 2.14. The van der Waals surface area contributed by atoms with Crippen molar-refractivity contribution in [2.75, 3.05) is 6.79 Å². The third-order valence-corrected chi connectivity index (χ3v) is 3.99. The second-order valence-electron chi connectivity index (χ2n) is 4.26.